The minimum atomic E-state index is -0.427. The van der Waals surface area contributed by atoms with E-state index in [1.807, 2.05) is 73.4 Å². The molecule has 2 aromatic carbocycles. The number of hydrogen-bond donors (Lipinski definition) is 2. The molecule has 42 heavy (non-hydrogen) atoms. The van der Waals surface area contributed by atoms with Gasteiger partial charge in [-0.15, -0.1) is 0 Å². The minimum Gasteiger partial charge on any atom is -0.360 e. The second-order valence-electron chi connectivity index (χ2n) is 12.5. The zero-order valence-corrected chi connectivity index (χ0v) is 26.6. The Morgan fingerprint density at radius 2 is 1.69 bits per heavy atom. The quantitative estimate of drug-likeness (QED) is 0.294. The van der Waals surface area contributed by atoms with Crippen molar-refractivity contribution < 1.29 is 14.1 Å². The second kappa shape index (κ2) is 13.0. The van der Waals surface area contributed by atoms with Gasteiger partial charge in [-0.3, -0.25) is 9.59 Å². The topological polar surface area (TPSA) is 68.4 Å². The van der Waals surface area contributed by atoms with Crippen LogP contribution in [0.5, 0.6) is 0 Å². The van der Waals surface area contributed by atoms with Crippen molar-refractivity contribution in [2.75, 3.05) is 60.4 Å². The Morgan fingerprint density at radius 3 is 2.38 bits per heavy atom. The first-order valence-electron chi connectivity index (χ1n) is 15.2. The number of fused-ring (bicyclic) bond motifs is 1. The molecule has 1 atom stereocenters. The number of likely N-dealkylation sites (N-methyl/N-ethyl adjacent to an activating group) is 2. The van der Waals surface area contributed by atoms with Crippen LogP contribution >= 0.6 is 23.2 Å². The Balaban J connectivity index is 1.46. The highest BCUT2D eigenvalue weighted by atomic mass is 35.5. The molecule has 2 saturated heterocycles. The molecular weight excluding hydrogens is 569 g/mol. The fourth-order valence-corrected chi connectivity index (χ4v) is 7.84. The maximum atomic E-state index is 14.0. The summed E-state index contributed by atoms with van der Waals surface area (Å²) in [5.74, 6) is 0.268. The Bertz CT molecular complexity index is 1410. The number of halogens is 2. The van der Waals surface area contributed by atoms with Gasteiger partial charge in [0.1, 0.15) is 0 Å². The number of rotatable bonds is 9. The third-order valence-corrected chi connectivity index (χ3v) is 10.5. The molecule has 1 unspecified atom stereocenters. The summed E-state index contributed by atoms with van der Waals surface area (Å²) in [5, 5.41) is 5.46. The molecule has 2 amide bonds. The average Bonchev–Trinajstić information content (AvgIpc) is 3.44. The Hall–Kier alpha value is -2.58. The van der Waals surface area contributed by atoms with E-state index in [0.717, 1.165) is 85.8 Å². The Morgan fingerprint density at radius 1 is 0.976 bits per heavy atom. The number of nitrogens with zero attached hydrogens (tertiary/aromatic N) is 3. The molecule has 2 fully saturated rings. The lowest BCUT2D eigenvalue weighted by molar-refractivity contribution is -0.972. The van der Waals surface area contributed by atoms with Crippen LogP contribution in [0.15, 0.2) is 48.7 Å². The Kier molecular flexibility index (Phi) is 9.53. The summed E-state index contributed by atoms with van der Waals surface area (Å²) < 4.78 is 0.823. The van der Waals surface area contributed by atoms with Crippen molar-refractivity contribution in [2.45, 2.75) is 50.0 Å². The predicted molar refractivity (Wildman–Crippen MR) is 171 cm³/mol. The molecule has 2 N–H and O–H groups in total. The van der Waals surface area contributed by atoms with E-state index in [4.69, 9.17) is 23.2 Å². The van der Waals surface area contributed by atoms with Crippen molar-refractivity contribution in [1.29, 1.82) is 0 Å². The van der Waals surface area contributed by atoms with Crippen LogP contribution in [0, 0.1) is 0 Å². The summed E-state index contributed by atoms with van der Waals surface area (Å²) in [6.45, 7) is 5.15. The number of carbonyl (C=O) groups excluding carboxylic acids is 2. The molecule has 2 aliphatic heterocycles. The number of quaternary nitrogens is 1. The summed E-state index contributed by atoms with van der Waals surface area (Å²) in [5.41, 5.74) is 2.26. The van der Waals surface area contributed by atoms with E-state index >= 15 is 0 Å². The largest absolute Gasteiger partial charge is 0.360 e. The van der Waals surface area contributed by atoms with E-state index in [1.165, 1.54) is 6.42 Å². The highest BCUT2D eigenvalue weighted by Crippen LogP contribution is 2.40. The Labute approximate surface area is 259 Å². The number of piperidine rings is 2. The van der Waals surface area contributed by atoms with Crippen LogP contribution in [0.4, 0.5) is 0 Å². The number of benzene rings is 2. The molecule has 0 bridgehead atoms. The fourth-order valence-electron chi connectivity index (χ4n) is 7.53. The molecule has 2 aliphatic rings. The molecule has 9 heteroatoms. The number of aromatic nitrogens is 1. The molecule has 5 rings (SSSR count). The first kappa shape index (κ1) is 30.9. The molecular formula is C33H44Cl2N5O2+. The maximum absolute atomic E-state index is 14.0. The summed E-state index contributed by atoms with van der Waals surface area (Å²) in [6.07, 6.45) is 7.81. The molecule has 0 radical (unpaired) electrons. The third kappa shape index (κ3) is 5.94. The van der Waals surface area contributed by atoms with Crippen LogP contribution in [0.2, 0.25) is 10.0 Å². The lowest BCUT2D eigenvalue weighted by atomic mass is 9.79. The van der Waals surface area contributed by atoms with Gasteiger partial charge in [0.25, 0.3) is 11.8 Å². The SMILES string of the molecule is CN(C)C(=O)C1([N+]2(CCC(CN(C)C(=O)c3c[nH]c4ccccc34)c3ccc(Cl)c(Cl)c3)CCCCC2)CCNCC1. The first-order valence-corrected chi connectivity index (χ1v) is 16.0. The molecule has 226 valence electrons. The smallest absolute Gasteiger partial charge is 0.283 e. The van der Waals surface area contributed by atoms with Gasteiger partial charge in [-0.25, -0.2) is 0 Å². The van der Waals surface area contributed by atoms with Gasteiger partial charge in [0.15, 0.2) is 5.54 Å². The van der Waals surface area contributed by atoms with Crippen LogP contribution in [-0.2, 0) is 4.79 Å². The van der Waals surface area contributed by atoms with E-state index in [-0.39, 0.29) is 17.7 Å². The van der Waals surface area contributed by atoms with Crippen molar-refractivity contribution >= 4 is 45.9 Å². The van der Waals surface area contributed by atoms with E-state index in [9.17, 15) is 9.59 Å². The molecule has 7 nitrogen and oxygen atoms in total. The maximum Gasteiger partial charge on any atom is 0.283 e. The fraction of sp³-hybridized carbons (Fsp3) is 0.515. The minimum absolute atomic E-state index is 0.0167. The number of para-hydroxylation sites is 1. The van der Waals surface area contributed by atoms with Gasteiger partial charge in [0.2, 0.25) is 0 Å². The van der Waals surface area contributed by atoms with Gasteiger partial charge in [0, 0.05) is 83.1 Å². The van der Waals surface area contributed by atoms with Gasteiger partial charge in [-0.1, -0.05) is 47.5 Å². The monoisotopic (exact) mass is 612 g/mol. The van der Waals surface area contributed by atoms with Crippen molar-refractivity contribution in [1.82, 2.24) is 20.1 Å². The van der Waals surface area contributed by atoms with Gasteiger partial charge in [-0.2, -0.15) is 0 Å². The van der Waals surface area contributed by atoms with E-state index in [2.05, 4.69) is 10.3 Å². The standard InChI is InChI=1S/C33H43Cl2N5O2/c1-38(2)32(42)33(14-16-36-17-15-33)40(18-7-4-8-19-40)20-13-25(24-11-12-28(34)29(35)21-24)23-39(3)31(41)27-22-37-30-10-6-5-9-26(27)30/h5-6,9-12,21-22,25,36H,4,7-8,13-20,23H2,1-3H3/p+1. The van der Waals surface area contributed by atoms with Crippen LogP contribution in [0.25, 0.3) is 10.9 Å². The molecule has 0 saturated carbocycles. The highest BCUT2D eigenvalue weighted by Gasteiger charge is 2.57. The summed E-state index contributed by atoms with van der Waals surface area (Å²) in [7, 11) is 5.68. The summed E-state index contributed by atoms with van der Waals surface area (Å²) in [6, 6.07) is 13.7. The number of nitrogens with one attached hydrogen (secondary N) is 2. The number of carbonyl (C=O) groups is 2. The molecule has 1 aromatic heterocycles. The number of hydrogen-bond acceptors (Lipinski definition) is 3. The molecule has 3 aromatic rings. The lowest BCUT2D eigenvalue weighted by Gasteiger charge is -2.56. The van der Waals surface area contributed by atoms with Crippen molar-refractivity contribution in [3.05, 3.63) is 69.8 Å². The zero-order valence-electron chi connectivity index (χ0n) is 25.1. The van der Waals surface area contributed by atoms with E-state index < -0.39 is 5.54 Å². The van der Waals surface area contributed by atoms with Crippen molar-refractivity contribution in [2.24, 2.45) is 0 Å². The van der Waals surface area contributed by atoms with Crippen LogP contribution < -0.4 is 5.32 Å². The third-order valence-electron chi connectivity index (χ3n) is 9.80. The van der Waals surface area contributed by atoms with Gasteiger partial charge >= 0.3 is 0 Å². The summed E-state index contributed by atoms with van der Waals surface area (Å²) in [4.78, 5) is 34.6. The van der Waals surface area contributed by atoms with Gasteiger partial charge < -0.3 is 24.6 Å². The first-order chi connectivity index (χ1) is 20.2. The van der Waals surface area contributed by atoms with Crippen LogP contribution in [0.3, 0.4) is 0 Å². The predicted octanol–water partition coefficient (Wildman–Crippen LogP) is 5.93. The molecule has 0 aliphatic carbocycles. The average molecular weight is 614 g/mol. The second-order valence-corrected chi connectivity index (χ2v) is 13.3. The normalized spacial score (nSPS) is 18.9. The number of likely N-dealkylation sites (tertiary alicyclic amines) is 1. The van der Waals surface area contributed by atoms with Crippen LogP contribution in [0.1, 0.15) is 60.4 Å². The molecule has 0 spiro atoms. The van der Waals surface area contributed by atoms with Gasteiger partial charge in [0.05, 0.1) is 35.2 Å². The van der Waals surface area contributed by atoms with Crippen molar-refractivity contribution in [3.63, 3.8) is 0 Å². The van der Waals surface area contributed by atoms with Crippen LogP contribution in [-0.4, -0.2) is 97.0 Å². The number of aromatic amines is 1. The number of amides is 2. The van der Waals surface area contributed by atoms with Crippen molar-refractivity contribution in [3.8, 4) is 0 Å². The summed E-state index contributed by atoms with van der Waals surface area (Å²) >= 11 is 12.8. The number of H-pyrrole nitrogens is 1. The van der Waals surface area contributed by atoms with Gasteiger partial charge in [-0.05, 0) is 43.0 Å². The van der Waals surface area contributed by atoms with E-state index in [1.54, 1.807) is 6.20 Å². The van der Waals surface area contributed by atoms with E-state index in [0.29, 0.717) is 22.2 Å². The highest BCUT2D eigenvalue weighted by molar-refractivity contribution is 6.42. The molecule has 3 heterocycles. The zero-order chi connectivity index (χ0) is 29.9. The lowest BCUT2D eigenvalue weighted by Crippen LogP contribution is -2.74.